The second-order valence-electron chi connectivity index (χ2n) is 4.96. The third kappa shape index (κ3) is 3.12. The van der Waals surface area contributed by atoms with Gasteiger partial charge in [0.2, 0.25) is 5.75 Å². The van der Waals surface area contributed by atoms with Crippen LogP contribution in [0.3, 0.4) is 0 Å². The molecule has 0 bridgehead atoms. The molecule has 0 amide bonds. The van der Waals surface area contributed by atoms with Gasteiger partial charge in [0.25, 0.3) is 0 Å². The van der Waals surface area contributed by atoms with Crippen molar-refractivity contribution in [3.05, 3.63) is 6.33 Å². The molecule has 112 valence electrons. The van der Waals surface area contributed by atoms with Gasteiger partial charge in [-0.15, -0.1) is 0 Å². The van der Waals surface area contributed by atoms with Crippen LogP contribution in [0.15, 0.2) is 6.33 Å². The third-order valence-corrected chi connectivity index (χ3v) is 3.68. The molecule has 2 rings (SSSR count). The maximum atomic E-state index is 9.10. The minimum atomic E-state index is 0.191. The Bertz CT molecular complexity index is 424. The normalized spacial score (nSPS) is 14.8. The maximum absolute atomic E-state index is 9.10. The molecule has 1 aromatic heterocycles. The molecule has 1 aliphatic rings. The van der Waals surface area contributed by atoms with Crippen LogP contribution in [0.2, 0.25) is 0 Å². The quantitative estimate of drug-likeness (QED) is 0.754. The predicted octanol–water partition coefficient (Wildman–Crippen LogP) is 1.66. The van der Waals surface area contributed by atoms with Crippen LogP contribution in [0.25, 0.3) is 0 Å². The Morgan fingerprint density at radius 3 is 2.80 bits per heavy atom. The topological polar surface area (TPSA) is 70.5 Å². The fourth-order valence-electron chi connectivity index (χ4n) is 2.45. The molecule has 2 N–H and O–H groups in total. The van der Waals surface area contributed by atoms with Crippen LogP contribution in [0.4, 0.5) is 11.6 Å². The van der Waals surface area contributed by atoms with Crippen LogP contribution in [0.1, 0.15) is 32.6 Å². The van der Waals surface area contributed by atoms with Gasteiger partial charge in [-0.25, -0.2) is 9.97 Å². The van der Waals surface area contributed by atoms with E-state index in [2.05, 4.69) is 20.2 Å². The van der Waals surface area contributed by atoms with Gasteiger partial charge in [-0.05, 0) is 32.6 Å². The van der Waals surface area contributed by atoms with Crippen LogP contribution >= 0.6 is 0 Å². The van der Waals surface area contributed by atoms with E-state index in [1.54, 1.807) is 13.4 Å². The monoisotopic (exact) mass is 280 g/mol. The number of aromatic nitrogens is 2. The number of nitrogens with zero attached hydrogens (tertiary/aromatic N) is 3. The molecular formula is C14H24N4O2. The second kappa shape index (κ2) is 7.28. The van der Waals surface area contributed by atoms with Gasteiger partial charge in [-0.1, -0.05) is 0 Å². The molecule has 1 aliphatic carbocycles. The lowest BCUT2D eigenvalue weighted by Gasteiger charge is -2.39. The van der Waals surface area contributed by atoms with Crippen molar-refractivity contribution in [2.24, 2.45) is 0 Å². The number of ether oxygens (including phenoxy) is 1. The first-order chi connectivity index (χ1) is 9.81. The number of anilines is 2. The number of methoxy groups -OCH3 is 1. The van der Waals surface area contributed by atoms with E-state index in [0.29, 0.717) is 11.8 Å². The number of hydrogen-bond acceptors (Lipinski definition) is 6. The molecule has 1 fully saturated rings. The predicted molar refractivity (Wildman–Crippen MR) is 79.4 cm³/mol. The van der Waals surface area contributed by atoms with Crippen molar-refractivity contribution in [3.8, 4) is 5.75 Å². The molecule has 0 aliphatic heterocycles. The molecule has 20 heavy (non-hydrogen) atoms. The van der Waals surface area contributed by atoms with E-state index in [0.717, 1.165) is 31.1 Å². The van der Waals surface area contributed by atoms with Crippen molar-refractivity contribution in [3.63, 3.8) is 0 Å². The average Bonchev–Trinajstić information content (AvgIpc) is 2.41. The lowest BCUT2D eigenvalue weighted by Crippen LogP contribution is -2.42. The molecule has 0 aromatic carbocycles. The van der Waals surface area contributed by atoms with Crippen molar-refractivity contribution < 1.29 is 9.84 Å². The van der Waals surface area contributed by atoms with Gasteiger partial charge < -0.3 is 20.1 Å². The molecule has 0 spiro atoms. The van der Waals surface area contributed by atoms with E-state index in [1.807, 2.05) is 6.92 Å². The van der Waals surface area contributed by atoms with Crippen LogP contribution in [-0.2, 0) is 0 Å². The SMILES string of the molecule is CCNc1ncnc(N(CCCO)C2CCC2)c1OC. The minimum absolute atomic E-state index is 0.191. The van der Waals surface area contributed by atoms with E-state index < -0.39 is 0 Å². The van der Waals surface area contributed by atoms with E-state index in [4.69, 9.17) is 9.84 Å². The Labute approximate surface area is 120 Å². The van der Waals surface area contributed by atoms with Gasteiger partial charge >= 0.3 is 0 Å². The van der Waals surface area contributed by atoms with Crippen molar-refractivity contribution in [1.82, 2.24) is 9.97 Å². The summed E-state index contributed by atoms with van der Waals surface area (Å²) in [4.78, 5) is 10.9. The van der Waals surface area contributed by atoms with Crippen LogP contribution < -0.4 is 15.0 Å². The minimum Gasteiger partial charge on any atom is -0.490 e. The van der Waals surface area contributed by atoms with Crippen molar-refractivity contribution in [2.45, 2.75) is 38.6 Å². The van der Waals surface area contributed by atoms with E-state index in [-0.39, 0.29) is 6.61 Å². The first-order valence-electron chi connectivity index (χ1n) is 7.32. The molecule has 0 unspecified atom stereocenters. The van der Waals surface area contributed by atoms with Gasteiger partial charge in [-0.3, -0.25) is 0 Å². The summed E-state index contributed by atoms with van der Waals surface area (Å²) in [5.41, 5.74) is 0. The van der Waals surface area contributed by atoms with Crippen molar-refractivity contribution in [1.29, 1.82) is 0 Å². The number of rotatable bonds is 8. The van der Waals surface area contributed by atoms with Gasteiger partial charge in [0.15, 0.2) is 11.6 Å². The van der Waals surface area contributed by atoms with E-state index in [1.165, 1.54) is 19.3 Å². The second-order valence-corrected chi connectivity index (χ2v) is 4.96. The number of aliphatic hydroxyl groups excluding tert-OH is 1. The Morgan fingerprint density at radius 2 is 2.25 bits per heavy atom. The largest absolute Gasteiger partial charge is 0.490 e. The molecular weight excluding hydrogens is 256 g/mol. The number of aliphatic hydroxyl groups is 1. The maximum Gasteiger partial charge on any atom is 0.204 e. The summed E-state index contributed by atoms with van der Waals surface area (Å²) in [6, 6.07) is 0.500. The van der Waals surface area contributed by atoms with Crippen LogP contribution in [0.5, 0.6) is 5.75 Å². The van der Waals surface area contributed by atoms with E-state index >= 15 is 0 Å². The summed E-state index contributed by atoms with van der Waals surface area (Å²) in [6.45, 7) is 3.79. The first-order valence-corrected chi connectivity index (χ1v) is 7.32. The molecule has 0 atom stereocenters. The fraction of sp³-hybridized carbons (Fsp3) is 0.714. The molecule has 6 nitrogen and oxygen atoms in total. The summed E-state index contributed by atoms with van der Waals surface area (Å²) >= 11 is 0. The van der Waals surface area contributed by atoms with Crippen molar-refractivity contribution >= 4 is 11.6 Å². The van der Waals surface area contributed by atoms with E-state index in [9.17, 15) is 0 Å². The molecule has 1 aromatic rings. The smallest absolute Gasteiger partial charge is 0.204 e. The van der Waals surface area contributed by atoms with Gasteiger partial charge in [0.05, 0.1) is 7.11 Å². The lowest BCUT2D eigenvalue weighted by molar-refractivity contribution is 0.282. The van der Waals surface area contributed by atoms with Gasteiger partial charge in [-0.2, -0.15) is 0 Å². The summed E-state index contributed by atoms with van der Waals surface area (Å²) < 4.78 is 5.52. The highest BCUT2D eigenvalue weighted by Gasteiger charge is 2.28. The summed E-state index contributed by atoms with van der Waals surface area (Å²) in [5, 5.41) is 12.3. The molecule has 0 saturated heterocycles. The fourth-order valence-corrected chi connectivity index (χ4v) is 2.45. The van der Waals surface area contributed by atoms with Crippen LogP contribution in [0, 0.1) is 0 Å². The first kappa shape index (κ1) is 14.8. The summed E-state index contributed by atoms with van der Waals surface area (Å²) in [7, 11) is 1.65. The Balaban J connectivity index is 2.28. The van der Waals surface area contributed by atoms with Crippen LogP contribution in [-0.4, -0.2) is 47.9 Å². The van der Waals surface area contributed by atoms with Gasteiger partial charge in [0, 0.05) is 25.7 Å². The highest BCUT2D eigenvalue weighted by Crippen LogP contribution is 2.37. The molecule has 0 radical (unpaired) electrons. The summed E-state index contributed by atoms with van der Waals surface area (Å²) in [6.07, 6.45) is 5.92. The van der Waals surface area contributed by atoms with Crippen molar-refractivity contribution in [2.75, 3.05) is 37.0 Å². The number of nitrogens with one attached hydrogen (secondary N) is 1. The lowest BCUT2D eigenvalue weighted by atomic mass is 9.91. The molecule has 1 saturated carbocycles. The zero-order chi connectivity index (χ0) is 14.4. The Kier molecular flexibility index (Phi) is 5.40. The standard InChI is InChI=1S/C14H24N4O2/c1-3-15-13-12(20-2)14(17-10-16-13)18(8-5-9-19)11-6-4-7-11/h10-11,19H,3-9H2,1-2H3,(H,15,16,17). The average molecular weight is 280 g/mol. The molecule has 1 heterocycles. The van der Waals surface area contributed by atoms with Gasteiger partial charge in [0.1, 0.15) is 6.33 Å². The highest BCUT2D eigenvalue weighted by atomic mass is 16.5. The number of hydrogen-bond donors (Lipinski definition) is 2. The third-order valence-electron chi connectivity index (χ3n) is 3.68. The molecule has 6 heteroatoms. The summed E-state index contributed by atoms with van der Waals surface area (Å²) in [5.74, 6) is 2.25. The zero-order valence-corrected chi connectivity index (χ0v) is 12.3. The Morgan fingerprint density at radius 1 is 1.45 bits per heavy atom. The Hall–Kier alpha value is -1.56. The highest BCUT2D eigenvalue weighted by molar-refractivity contribution is 5.65. The zero-order valence-electron chi connectivity index (χ0n) is 12.3.